The lowest BCUT2D eigenvalue weighted by Gasteiger charge is -2.27. The molecule has 0 fully saturated rings. The zero-order chi connectivity index (χ0) is 21.8. The fraction of sp³-hybridized carbons (Fsp3) is 0.174. The van der Waals surface area contributed by atoms with E-state index in [1.54, 1.807) is 73.8 Å². The normalized spacial score (nSPS) is 15.3. The minimum absolute atomic E-state index is 0.0864. The van der Waals surface area contributed by atoms with Gasteiger partial charge < -0.3 is 13.9 Å². The Morgan fingerprint density at radius 3 is 2.42 bits per heavy atom. The van der Waals surface area contributed by atoms with E-state index in [0.717, 1.165) is 0 Å². The number of rotatable bonds is 6. The van der Waals surface area contributed by atoms with Crippen LogP contribution in [0.1, 0.15) is 11.3 Å². The van der Waals surface area contributed by atoms with Crippen molar-refractivity contribution in [3.63, 3.8) is 0 Å². The molecular formula is C23H21NO6S. The number of furan rings is 1. The van der Waals surface area contributed by atoms with E-state index in [1.165, 1.54) is 11.2 Å². The maximum Gasteiger partial charge on any atom is 0.295 e. The molecule has 0 saturated heterocycles. The molecule has 0 atom stereocenters. The molecule has 2 aromatic carbocycles. The molecule has 8 heteroatoms. The van der Waals surface area contributed by atoms with Gasteiger partial charge in [-0.3, -0.25) is 9.69 Å². The number of benzene rings is 2. The fourth-order valence-corrected chi connectivity index (χ4v) is 4.78. The van der Waals surface area contributed by atoms with Crippen molar-refractivity contribution in [1.29, 1.82) is 0 Å². The predicted octanol–water partition coefficient (Wildman–Crippen LogP) is 3.64. The number of methoxy groups -OCH3 is 1. The highest BCUT2D eigenvalue weighted by atomic mass is 32.2. The Morgan fingerprint density at radius 2 is 1.77 bits per heavy atom. The van der Waals surface area contributed by atoms with Gasteiger partial charge in [0.2, 0.25) is 5.76 Å². The number of sulfone groups is 1. The van der Waals surface area contributed by atoms with Crippen LogP contribution in [0.15, 0.2) is 83.2 Å². The van der Waals surface area contributed by atoms with Gasteiger partial charge in [-0.2, -0.15) is 0 Å². The van der Waals surface area contributed by atoms with Gasteiger partial charge >= 0.3 is 0 Å². The largest absolute Gasteiger partial charge is 0.497 e. The lowest BCUT2D eigenvalue weighted by Crippen LogP contribution is -2.36. The molecule has 3 aromatic rings. The van der Waals surface area contributed by atoms with Crippen LogP contribution in [0.4, 0.5) is 5.69 Å². The number of anilines is 1. The number of hydrogen-bond acceptors (Lipinski definition) is 6. The summed E-state index contributed by atoms with van der Waals surface area (Å²) in [6, 6.07) is 18.9. The summed E-state index contributed by atoms with van der Waals surface area (Å²) in [5.41, 5.74) is 0.965. The average molecular weight is 439 g/mol. The quantitative estimate of drug-likeness (QED) is 0.583. The van der Waals surface area contributed by atoms with E-state index in [4.69, 9.17) is 13.9 Å². The van der Waals surface area contributed by atoms with E-state index in [2.05, 4.69) is 0 Å². The Labute approximate surface area is 180 Å². The SMILES string of the molecule is COc1ccc(N(Cc2ccco2)C(=O)C2=C(c3ccccc3)S(=O)(=O)CCO2)cc1. The molecular weight excluding hydrogens is 418 g/mol. The van der Waals surface area contributed by atoms with E-state index in [-0.39, 0.29) is 29.6 Å². The highest BCUT2D eigenvalue weighted by Crippen LogP contribution is 2.32. The van der Waals surface area contributed by atoms with E-state index in [9.17, 15) is 13.2 Å². The van der Waals surface area contributed by atoms with Gasteiger partial charge in [-0.05, 0) is 42.0 Å². The van der Waals surface area contributed by atoms with Crippen LogP contribution in [-0.4, -0.2) is 33.8 Å². The number of amides is 1. The van der Waals surface area contributed by atoms with Gasteiger partial charge in [0.15, 0.2) is 9.84 Å². The highest BCUT2D eigenvalue weighted by Gasteiger charge is 2.36. The second-order valence-electron chi connectivity index (χ2n) is 6.86. The standard InChI is InChI=1S/C23H21NO6S/c1-28-19-11-9-18(10-12-19)24(16-20-8-5-13-29-20)23(25)21-22(17-6-3-2-4-7-17)31(26,27)15-14-30-21/h2-13H,14-16H2,1H3. The van der Waals surface area contributed by atoms with E-state index in [0.29, 0.717) is 22.8 Å². The smallest absolute Gasteiger partial charge is 0.295 e. The van der Waals surface area contributed by atoms with Crippen molar-refractivity contribution in [1.82, 2.24) is 0 Å². The molecule has 4 rings (SSSR count). The zero-order valence-electron chi connectivity index (χ0n) is 16.9. The van der Waals surface area contributed by atoms with Crippen LogP contribution >= 0.6 is 0 Å². The molecule has 31 heavy (non-hydrogen) atoms. The molecule has 0 aliphatic carbocycles. The minimum atomic E-state index is -3.70. The summed E-state index contributed by atoms with van der Waals surface area (Å²) in [7, 11) is -2.14. The van der Waals surface area contributed by atoms with Crippen molar-refractivity contribution in [2.45, 2.75) is 6.54 Å². The number of nitrogens with zero attached hydrogens (tertiary/aromatic N) is 1. The molecule has 0 unspecified atom stereocenters. The maximum atomic E-state index is 13.7. The van der Waals surface area contributed by atoms with E-state index in [1.807, 2.05) is 0 Å². The molecule has 1 aromatic heterocycles. The molecule has 0 N–H and O–H groups in total. The Morgan fingerprint density at radius 1 is 1.03 bits per heavy atom. The van der Waals surface area contributed by atoms with Crippen LogP contribution in [0.5, 0.6) is 5.75 Å². The summed E-state index contributed by atoms with van der Waals surface area (Å²) >= 11 is 0. The lowest BCUT2D eigenvalue weighted by molar-refractivity contribution is -0.118. The van der Waals surface area contributed by atoms with Gasteiger partial charge in [-0.15, -0.1) is 0 Å². The number of carbonyl (C=O) groups excluding carboxylic acids is 1. The first kappa shape index (κ1) is 20.7. The van der Waals surface area contributed by atoms with Gasteiger partial charge in [0, 0.05) is 5.69 Å². The van der Waals surface area contributed by atoms with E-state index < -0.39 is 15.7 Å². The van der Waals surface area contributed by atoms with Crippen LogP contribution in [0, 0.1) is 0 Å². The molecule has 7 nitrogen and oxygen atoms in total. The van der Waals surface area contributed by atoms with Crippen molar-refractivity contribution >= 4 is 26.3 Å². The maximum absolute atomic E-state index is 13.7. The molecule has 1 aliphatic rings. The monoisotopic (exact) mass is 439 g/mol. The fourth-order valence-electron chi connectivity index (χ4n) is 3.34. The number of carbonyl (C=O) groups is 1. The van der Waals surface area contributed by atoms with Crippen molar-refractivity contribution in [2.75, 3.05) is 24.4 Å². The topological polar surface area (TPSA) is 86.0 Å². The summed E-state index contributed by atoms with van der Waals surface area (Å²) in [6.07, 6.45) is 1.52. The van der Waals surface area contributed by atoms with Crippen molar-refractivity contribution in [3.05, 3.63) is 90.1 Å². The molecule has 2 heterocycles. The first-order chi connectivity index (χ1) is 15.0. The highest BCUT2D eigenvalue weighted by molar-refractivity contribution is 8.00. The first-order valence-electron chi connectivity index (χ1n) is 9.63. The molecule has 1 aliphatic heterocycles. The van der Waals surface area contributed by atoms with Gasteiger partial charge in [-0.25, -0.2) is 8.42 Å². The van der Waals surface area contributed by atoms with Crippen molar-refractivity contribution < 1.29 is 27.1 Å². The minimum Gasteiger partial charge on any atom is -0.497 e. The van der Waals surface area contributed by atoms with Crippen molar-refractivity contribution in [3.8, 4) is 5.75 Å². The molecule has 0 radical (unpaired) electrons. The molecule has 160 valence electrons. The van der Waals surface area contributed by atoms with Gasteiger partial charge in [0.05, 0.1) is 25.7 Å². The Kier molecular flexibility index (Phi) is 5.81. The van der Waals surface area contributed by atoms with Crippen LogP contribution < -0.4 is 9.64 Å². The molecule has 0 spiro atoms. The van der Waals surface area contributed by atoms with Crippen LogP contribution in [-0.2, 0) is 25.9 Å². The third-order valence-corrected chi connectivity index (χ3v) is 6.62. The molecule has 1 amide bonds. The Hall–Kier alpha value is -3.52. The lowest BCUT2D eigenvalue weighted by atomic mass is 10.1. The van der Waals surface area contributed by atoms with Gasteiger partial charge in [0.1, 0.15) is 23.0 Å². The third kappa shape index (κ3) is 4.34. The Balaban J connectivity index is 1.83. The zero-order valence-corrected chi connectivity index (χ0v) is 17.7. The second kappa shape index (κ2) is 8.69. The number of hydrogen-bond donors (Lipinski definition) is 0. The summed E-state index contributed by atoms with van der Waals surface area (Å²) in [5, 5.41) is 0. The Bertz CT molecular complexity index is 1180. The molecule has 0 bridgehead atoms. The van der Waals surface area contributed by atoms with Crippen LogP contribution in [0.2, 0.25) is 0 Å². The summed E-state index contributed by atoms with van der Waals surface area (Å²) < 4.78 is 42.1. The molecule has 0 saturated carbocycles. The van der Waals surface area contributed by atoms with Gasteiger partial charge in [-0.1, -0.05) is 30.3 Å². The third-order valence-electron chi connectivity index (χ3n) is 4.87. The van der Waals surface area contributed by atoms with Crippen molar-refractivity contribution in [2.24, 2.45) is 0 Å². The van der Waals surface area contributed by atoms with Crippen LogP contribution in [0.3, 0.4) is 0 Å². The summed E-state index contributed by atoms with van der Waals surface area (Å²) in [6.45, 7) is 0.0179. The predicted molar refractivity (Wildman–Crippen MR) is 116 cm³/mol. The van der Waals surface area contributed by atoms with Gasteiger partial charge in [0.25, 0.3) is 5.91 Å². The van der Waals surface area contributed by atoms with E-state index >= 15 is 0 Å². The summed E-state index contributed by atoms with van der Waals surface area (Å²) in [5.74, 6) is 0.234. The first-order valence-corrected chi connectivity index (χ1v) is 11.3. The number of ether oxygens (including phenoxy) is 2. The second-order valence-corrected chi connectivity index (χ2v) is 8.91. The summed E-state index contributed by atoms with van der Waals surface area (Å²) in [4.78, 5) is 15.0. The average Bonchev–Trinajstić information content (AvgIpc) is 3.30. The van der Waals surface area contributed by atoms with Crippen LogP contribution in [0.25, 0.3) is 4.91 Å².